The number of ether oxygens (including phenoxy) is 2. The molecular weight excluding hydrogens is 388 g/mol. The van der Waals surface area contributed by atoms with Crippen molar-refractivity contribution in [3.8, 4) is 0 Å². The molecular formula is C27H34O4. The molecule has 1 saturated carbocycles. The Morgan fingerprint density at radius 3 is 2.52 bits per heavy atom. The van der Waals surface area contributed by atoms with Crippen molar-refractivity contribution in [3.63, 3.8) is 0 Å². The van der Waals surface area contributed by atoms with Crippen LogP contribution in [0.15, 0.2) is 58.9 Å². The van der Waals surface area contributed by atoms with Crippen molar-refractivity contribution in [2.24, 2.45) is 10.8 Å². The summed E-state index contributed by atoms with van der Waals surface area (Å²) in [6, 6.07) is 0. The minimum Gasteiger partial charge on any atom is -0.462 e. The quantitative estimate of drug-likeness (QED) is 0.417. The van der Waals surface area contributed by atoms with E-state index in [2.05, 4.69) is 52.8 Å². The van der Waals surface area contributed by atoms with Crippen molar-refractivity contribution >= 4 is 11.6 Å². The fourth-order valence-electron chi connectivity index (χ4n) is 5.67. The molecule has 0 aromatic carbocycles. The Hall–Kier alpha value is -2.20. The zero-order valence-corrected chi connectivity index (χ0v) is 19.6. The third-order valence-electron chi connectivity index (χ3n) is 7.73. The van der Waals surface area contributed by atoms with Crippen molar-refractivity contribution in [1.82, 2.24) is 0 Å². The molecule has 0 aromatic rings. The molecule has 166 valence electrons. The van der Waals surface area contributed by atoms with E-state index < -0.39 is 5.79 Å². The summed E-state index contributed by atoms with van der Waals surface area (Å²) < 4.78 is 13.2. The highest BCUT2D eigenvalue weighted by molar-refractivity contribution is 6.20. The lowest BCUT2D eigenvalue weighted by molar-refractivity contribution is -0.292. The van der Waals surface area contributed by atoms with E-state index in [1.165, 1.54) is 12.2 Å². The van der Waals surface area contributed by atoms with Gasteiger partial charge in [0.25, 0.3) is 0 Å². The molecule has 2 heterocycles. The zero-order chi connectivity index (χ0) is 22.7. The number of hydrogen-bond donors (Lipinski definition) is 0. The highest BCUT2D eigenvalue weighted by Crippen LogP contribution is 2.66. The van der Waals surface area contributed by atoms with Gasteiger partial charge in [-0.1, -0.05) is 38.0 Å². The Labute approximate surface area is 185 Å². The van der Waals surface area contributed by atoms with Crippen LogP contribution >= 0.6 is 0 Å². The molecule has 0 bridgehead atoms. The number of ketones is 2. The predicted molar refractivity (Wildman–Crippen MR) is 121 cm³/mol. The van der Waals surface area contributed by atoms with E-state index in [0.717, 1.165) is 30.6 Å². The first-order valence-electron chi connectivity index (χ1n) is 11.3. The molecule has 0 aromatic heterocycles. The fourth-order valence-corrected chi connectivity index (χ4v) is 5.67. The van der Waals surface area contributed by atoms with E-state index in [4.69, 9.17) is 9.47 Å². The van der Waals surface area contributed by atoms with E-state index in [1.807, 2.05) is 6.08 Å². The van der Waals surface area contributed by atoms with E-state index in [1.54, 1.807) is 6.92 Å². The van der Waals surface area contributed by atoms with Gasteiger partial charge in [-0.15, -0.1) is 0 Å². The predicted octanol–water partition coefficient (Wildman–Crippen LogP) is 5.91. The second-order valence-corrected chi connectivity index (χ2v) is 10.7. The number of carbonyl (C=O) groups is 2. The van der Waals surface area contributed by atoms with E-state index in [9.17, 15) is 9.59 Å². The van der Waals surface area contributed by atoms with Gasteiger partial charge in [0, 0.05) is 28.4 Å². The summed E-state index contributed by atoms with van der Waals surface area (Å²) in [4.78, 5) is 24.1. The van der Waals surface area contributed by atoms with E-state index in [0.29, 0.717) is 24.0 Å². The summed E-state index contributed by atoms with van der Waals surface area (Å²) in [5, 5.41) is 0. The Morgan fingerprint density at radius 2 is 1.84 bits per heavy atom. The van der Waals surface area contributed by atoms with Crippen LogP contribution in [0.3, 0.4) is 0 Å². The van der Waals surface area contributed by atoms with E-state index in [-0.39, 0.29) is 28.0 Å². The molecule has 4 rings (SSSR count). The van der Waals surface area contributed by atoms with Gasteiger partial charge in [-0.2, -0.15) is 0 Å². The first kappa shape index (κ1) is 22.0. The minimum absolute atomic E-state index is 0.00180. The molecule has 31 heavy (non-hydrogen) atoms. The van der Waals surface area contributed by atoms with Gasteiger partial charge in [0.2, 0.25) is 5.79 Å². The molecule has 4 heteroatoms. The summed E-state index contributed by atoms with van der Waals surface area (Å²) in [6.07, 6.45) is 15.9. The highest BCUT2D eigenvalue weighted by atomic mass is 16.7. The van der Waals surface area contributed by atoms with Crippen molar-refractivity contribution in [2.75, 3.05) is 0 Å². The van der Waals surface area contributed by atoms with Crippen LogP contribution < -0.4 is 0 Å². The topological polar surface area (TPSA) is 52.6 Å². The minimum atomic E-state index is -0.748. The number of carbonyl (C=O) groups excluding carboxylic acids is 2. The average Bonchev–Trinajstić information content (AvgIpc) is 3.14. The van der Waals surface area contributed by atoms with Crippen molar-refractivity contribution in [2.45, 2.75) is 85.0 Å². The number of allylic oxidation sites excluding steroid dienone is 7. The van der Waals surface area contributed by atoms with E-state index >= 15 is 0 Å². The molecule has 4 aliphatic rings. The first-order valence-corrected chi connectivity index (χ1v) is 11.3. The number of rotatable bonds is 4. The summed E-state index contributed by atoms with van der Waals surface area (Å²) in [7, 11) is 0. The van der Waals surface area contributed by atoms with Crippen LogP contribution in [0.4, 0.5) is 0 Å². The van der Waals surface area contributed by atoms with Gasteiger partial charge in [-0.25, -0.2) is 0 Å². The van der Waals surface area contributed by atoms with Gasteiger partial charge in [-0.05, 0) is 71.3 Å². The lowest BCUT2D eigenvalue weighted by Gasteiger charge is -2.54. The molecule has 0 radical (unpaired) electrons. The molecule has 0 amide bonds. The SMILES string of the molecule is CC(=CCC1=CC(=O)C=C(C)C1=O)CC1=CC2(C)CCCC2(C)C2(C=CC(C)(C)O2)O1. The van der Waals surface area contributed by atoms with Gasteiger partial charge in [0.05, 0.1) is 5.60 Å². The highest BCUT2D eigenvalue weighted by Gasteiger charge is 2.66. The zero-order valence-electron chi connectivity index (χ0n) is 19.6. The van der Waals surface area contributed by atoms with Gasteiger partial charge >= 0.3 is 0 Å². The van der Waals surface area contributed by atoms with Crippen LogP contribution in [0.5, 0.6) is 0 Å². The van der Waals surface area contributed by atoms with Crippen LogP contribution in [0.2, 0.25) is 0 Å². The van der Waals surface area contributed by atoms with Crippen LogP contribution in [0.1, 0.15) is 73.6 Å². The maximum Gasteiger partial charge on any atom is 0.236 e. The number of Topliss-reactive ketones (excluding diaryl/α,β-unsaturated/α-hetero) is 1. The molecule has 1 spiro atoms. The second-order valence-electron chi connectivity index (χ2n) is 10.7. The van der Waals surface area contributed by atoms with Gasteiger partial charge in [-0.3, -0.25) is 9.59 Å². The first-order chi connectivity index (χ1) is 14.4. The summed E-state index contributed by atoms with van der Waals surface area (Å²) in [5.41, 5.74) is 1.71. The lowest BCUT2D eigenvalue weighted by Crippen LogP contribution is -2.57. The molecule has 0 N–H and O–H groups in total. The lowest BCUT2D eigenvalue weighted by atomic mass is 9.61. The number of fused-ring (bicyclic) bond motifs is 2. The molecule has 3 atom stereocenters. The third kappa shape index (κ3) is 3.59. The summed E-state index contributed by atoms with van der Waals surface area (Å²) >= 11 is 0. The van der Waals surface area contributed by atoms with Crippen molar-refractivity contribution in [1.29, 1.82) is 0 Å². The smallest absolute Gasteiger partial charge is 0.236 e. The summed E-state index contributed by atoms with van der Waals surface area (Å²) in [6.45, 7) is 12.5. The molecule has 2 aliphatic heterocycles. The fraction of sp³-hybridized carbons (Fsp3) is 0.556. The largest absolute Gasteiger partial charge is 0.462 e. The number of hydrogen-bond acceptors (Lipinski definition) is 4. The Morgan fingerprint density at radius 1 is 1.10 bits per heavy atom. The molecule has 3 unspecified atom stereocenters. The molecule has 0 saturated heterocycles. The average molecular weight is 423 g/mol. The van der Waals surface area contributed by atoms with Crippen LogP contribution in [0, 0.1) is 10.8 Å². The Balaban J connectivity index is 1.56. The standard InChI is InChI=1S/C27H34O4/c1-18(8-9-20-16-21(28)15-19(2)23(20)29)14-22-17-25(5)10-7-11-26(25,6)27(30-22)13-12-24(3,4)31-27/h8,12-13,15-17H,7,9-11,14H2,1-6H3. The van der Waals surface area contributed by atoms with Crippen LogP contribution in [0.25, 0.3) is 0 Å². The molecule has 2 aliphatic carbocycles. The maximum absolute atomic E-state index is 12.3. The van der Waals surface area contributed by atoms with Gasteiger partial charge < -0.3 is 9.47 Å². The molecule has 4 nitrogen and oxygen atoms in total. The van der Waals surface area contributed by atoms with Gasteiger partial charge in [0.1, 0.15) is 5.76 Å². The Bertz CT molecular complexity index is 989. The van der Waals surface area contributed by atoms with Crippen molar-refractivity contribution in [3.05, 3.63) is 58.9 Å². The molecule has 1 fully saturated rings. The van der Waals surface area contributed by atoms with Crippen LogP contribution in [-0.2, 0) is 19.1 Å². The normalized spacial score (nSPS) is 36.8. The van der Waals surface area contributed by atoms with Crippen LogP contribution in [-0.4, -0.2) is 23.0 Å². The monoisotopic (exact) mass is 422 g/mol. The second kappa shape index (κ2) is 7.16. The maximum atomic E-state index is 12.3. The Kier molecular flexibility index (Phi) is 5.09. The summed E-state index contributed by atoms with van der Waals surface area (Å²) in [5.74, 6) is 0.0212. The third-order valence-corrected chi connectivity index (χ3v) is 7.73. The van der Waals surface area contributed by atoms with Crippen molar-refractivity contribution < 1.29 is 19.1 Å². The van der Waals surface area contributed by atoms with Gasteiger partial charge in [0.15, 0.2) is 11.6 Å².